The molecule has 2 nitrogen and oxygen atoms in total. The average molecular weight is 310 g/mol. The molecule has 0 saturated heterocycles. The van der Waals surface area contributed by atoms with Gasteiger partial charge in [-0.05, 0) is 47.2 Å². The van der Waals surface area contributed by atoms with Crippen molar-refractivity contribution in [3.8, 4) is 0 Å². The monoisotopic (exact) mass is 309 g/mol. The van der Waals surface area contributed by atoms with Crippen molar-refractivity contribution in [2.24, 2.45) is 0 Å². The van der Waals surface area contributed by atoms with E-state index in [-0.39, 0.29) is 5.91 Å². The van der Waals surface area contributed by atoms with Crippen molar-refractivity contribution in [3.05, 3.63) is 26.3 Å². The van der Waals surface area contributed by atoms with Gasteiger partial charge >= 0.3 is 0 Å². The van der Waals surface area contributed by atoms with Crippen LogP contribution in [0.3, 0.4) is 0 Å². The summed E-state index contributed by atoms with van der Waals surface area (Å²) in [5, 5.41) is 3.24. The van der Waals surface area contributed by atoms with Crippen LogP contribution in [0.5, 0.6) is 0 Å². The molecule has 13 heavy (non-hydrogen) atoms. The second-order valence-electron chi connectivity index (χ2n) is 2.76. The van der Waals surface area contributed by atoms with Crippen LogP contribution in [0, 0.1) is 10.5 Å². The first-order valence-electron chi connectivity index (χ1n) is 3.74. The van der Waals surface area contributed by atoms with Crippen LogP contribution < -0.4 is 5.32 Å². The maximum atomic E-state index is 10.8. The number of benzene rings is 1. The SMILES string of the molecule is CC(=O)Nc1cc(I)c(C)cc1Cl. The number of carbonyl (C=O) groups is 1. The molecular formula is C9H9ClINO. The Labute approximate surface area is 95.8 Å². The minimum absolute atomic E-state index is 0.110. The largest absolute Gasteiger partial charge is 0.325 e. The van der Waals surface area contributed by atoms with Crippen LogP contribution in [0.25, 0.3) is 0 Å². The van der Waals surface area contributed by atoms with Gasteiger partial charge in [0.1, 0.15) is 0 Å². The summed E-state index contributed by atoms with van der Waals surface area (Å²) in [6.45, 7) is 3.44. The Kier molecular flexibility index (Phi) is 3.55. The fourth-order valence-electron chi connectivity index (χ4n) is 0.932. The van der Waals surface area contributed by atoms with Gasteiger partial charge in [-0.1, -0.05) is 11.6 Å². The molecule has 0 fully saturated rings. The van der Waals surface area contributed by atoms with E-state index >= 15 is 0 Å². The van der Waals surface area contributed by atoms with Crippen molar-refractivity contribution in [2.75, 3.05) is 5.32 Å². The molecule has 0 aromatic heterocycles. The topological polar surface area (TPSA) is 29.1 Å². The van der Waals surface area contributed by atoms with Gasteiger partial charge in [-0.3, -0.25) is 4.79 Å². The number of anilines is 1. The summed E-state index contributed by atoms with van der Waals surface area (Å²) >= 11 is 8.13. The van der Waals surface area contributed by atoms with Gasteiger partial charge in [0.05, 0.1) is 10.7 Å². The molecule has 70 valence electrons. The Balaban J connectivity index is 3.08. The van der Waals surface area contributed by atoms with E-state index < -0.39 is 0 Å². The van der Waals surface area contributed by atoms with E-state index in [9.17, 15) is 4.79 Å². The van der Waals surface area contributed by atoms with E-state index in [2.05, 4.69) is 27.9 Å². The van der Waals surface area contributed by atoms with Gasteiger partial charge in [-0.2, -0.15) is 0 Å². The van der Waals surface area contributed by atoms with E-state index in [1.807, 2.05) is 19.1 Å². The van der Waals surface area contributed by atoms with E-state index in [4.69, 9.17) is 11.6 Å². The van der Waals surface area contributed by atoms with Gasteiger partial charge in [-0.25, -0.2) is 0 Å². The van der Waals surface area contributed by atoms with Gasteiger partial charge in [0.15, 0.2) is 0 Å². The molecular weight excluding hydrogens is 300 g/mol. The summed E-state index contributed by atoms with van der Waals surface area (Å²) in [6, 6.07) is 3.70. The van der Waals surface area contributed by atoms with Crippen molar-refractivity contribution >= 4 is 45.8 Å². The molecule has 0 atom stereocenters. The number of rotatable bonds is 1. The fourth-order valence-corrected chi connectivity index (χ4v) is 1.66. The molecule has 1 rings (SSSR count). The molecule has 4 heteroatoms. The van der Waals surface area contributed by atoms with E-state index in [0.717, 1.165) is 9.13 Å². The van der Waals surface area contributed by atoms with Crippen molar-refractivity contribution in [1.29, 1.82) is 0 Å². The first-order chi connectivity index (χ1) is 6.00. The zero-order chi connectivity index (χ0) is 10.0. The molecule has 0 aliphatic carbocycles. The van der Waals surface area contributed by atoms with Crippen LogP contribution in [0.4, 0.5) is 5.69 Å². The van der Waals surface area contributed by atoms with Crippen LogP contribution >= 0.6 is 34.2 Å². The number of amides is 1. The molecule has 0 bridgehead atoms. The van der Waals surface area contributed by atoms with E-state index in [1.165, 1.54) is 6.92 Å². The number of hydrogen-bond acceptors (Lipinski definition) is 1. The minimum atomic E-state index is -0.110. The van der Waals surface area contributed by atoms with Crippen LogP contribution in [0.1, 0.15) is 12.5 Å². The smallest absolute Gasteiger partial charge is 0.221 e. The Morgan fingerprint density at radius 3 is 2.69 bits per heavy atom. The first-order valence-corrected chi connectivity index (χ1v) is 5.19. The molecule has 1 aromatic rings. The Hall–Kier alpha value is -0.290. The number of aryl methyl sites for hydroxylation is 1. The third-order valence-corrected chi connectivity index (χ3v) is 3.03. The number of carbonyl (C=O) groups excluding carboxylic acids is 1. The van der Waals surface area contributed by atoms with Crippen LogP contribution in [0.2, 0.25) is 5.02 Å². The summed E-state index contributed by atoms with van der Waals surface area (Å²) in [6.07, 6.45) is 0. The Morgan fingerprint density at radius 1 is 1.54 bits per heavy atom. The van der Waals surface area contributed by atoms with Gasteiger partial charge in [0, 0.05) is 10.5 Å². The molecule has 1 amide bonds. The summed E-state index contributed by atoms with van der Waals surface area (Å²) in [5.41, 5.74) is 1.78. The summed E-state index contributed by atoms with van der Waals surface area (Å²) in [4.78, 5) is 10.8. The lowest BCUT2D eigenvalue weighted by molar-refractivity contribution is -0.114. The van der Waals surface area contributed by atoms with E-state index in [1.54, 1.807) is 0 Å². The van der Waals surface area contributed by atoms with Gasteiger partial charge < -0.3 is 5.32 Å². The van der Waals surface area contributed by atoms with Crippen molar-refractivity contribution in [2.45, 2.75) is 13.8 Å². The fraction of sp³-hybridized carbons (Fsp3) is 0.222. The average Bonchev–Trinajstić information content (AvgIpc) is 1.99. The second kappa shape index (κ2) is 4.28. The number of halogens is 2. The van der Waals surface area contributed by atoms with Crippen LogP contribution in [-0.4, -0.2) is 5.91 Å². The minimum Gasteiger partial charge on any atom is -0.325 e. The summed E-state index contributed by atoms with van der Waals surface area (Å²) in [7, 11) is 0. The third kappa shape index (κ3) is 2.84. The van der Waals surface area contributed by atoms with Gasteiger partial charge in [-0.15, -0.1) is 0 Å². The maximum absolute atomic E-state index is 10.8. The predicted octanol–water partition coefficient (Wildman–Crippen LogP) is 3.21. The lowest BCUT2D eigenvalue weighted by Crippen LogP contribution is -2.06. The molecule has 1 aromatic carbocycles. The Morgan fingerprint density at radius 2 is 2.15 bits per heavy atom. The second-order valence-corrected chi connectivity index (χ2v) is 4.33. The van der Waals surface area contributed by atoms with Crippen LogP contribution in [0.15, 0.2) is 12.1 Å². The highest BCUT2D eigenvalue weighted by molar-refractivity contribution is 14.1. The number of nitrogens with one attached hydrogen (secondary N) is 1. The van der Waals surface area contributed by atoms with Crippen LogP contribution in [-0.2, 0) is 4.79 Å². The standard InChI is InChI=1S/C9H9ClINO/c1-5-3-7(10)9(4-8(5)11)12-6(2)13/h3-4H,1-2H3,(H,12,13). The number of hydrogen-bond donors (Lipinski definition) is 1. The molecule has 0 radical (unpaired) electrons. The van der Waals surface area contributed by atoms with Crippen molar-refractivity contribution in [3.63, 3.8) is 0 Å². The van der Waals surface area contributed by atoms with Crippen molar-refractivity contribution in [1.82, 2.24) is 0 Å². The summed E-state index contributed by atoms with van der Waals surface area (Å²) < 4.78 is 1.09. The third-order valence-electron chi connectivity index (χ3n) is 1.56. The molecule has 0 saturated carbocycles. The normalized spacial score (nSPS) is 9.85. The van der Waals surface area contributed by atoms with Gasteiger partial charge in [0.2, 0.25) is 5.91 Å². The first kappa shape index (κ1) is 10.8. The highest BCUT2D eigenvalue weighted by Gasteiger charge is 2.04. The highest BCUT2D eigenvalue weighted by Crippen LogP contribution is 2.26. The highest BCUT2D eigenvalue weighted by atomic mass is 127. The molecule has 0 aliphatic heterocycles. The van der Waals surface area contributed by atoms with Crippen molar-refractivity contribution < 1.29 is 4.79 Å². The maximum Gasteiger partial charge on any atom is 0.221 e. The molecule has 0 heterocycles. The zero-order valence-electron chi connectivity index (χ0n) is 7.32. The molecule has 0 unspecified atom stereocenters. The molecule has 1 N–H and O–H groups in total. The summed E-state index contributed by atoms with van der Waals surface area (Å²) in [5.74, 6) is -0.110. The lowest BCUT2D eigenvalue weighted by Gasteiger charge is -2.07. The van der Waals surface area contributed by atoms with Gasteiger partial charge in [0.25, 0.3) is 0 Å². The predicted molar refractivity (Wildman–Crippen MR) is 63.2 cm³/mol. The quantitative estimate of drug-likeness (QED) is 0.793. The van der Waals surface area contributed by atoms with E-state index in [0.29, 0.717) is 10.7 Å². The zero-order valence-corrected chi connectivity index (χ0v) is 10.2. The Bertz CT molecular complexity index is 352. The molecule has 0 spiro atoms. The lowest BCUT2D eigenvalue weighted by atomic mass is 10.2. The molecule has 0 aliphatic rings.